The second-order valence-corrected chi connectivity index (χ2v) is 7.74. The molecule has 0 aliphatic rings. The lowest BCUT2D eigenvalue weighted by atomic mass is 9.99. The van der Waals surface area contributed by atoms with Gasteiger partial charge in [-0.15, -0.1) is 0 Å². The summed E-state index contributed by atoms with van der Waals surface area (Å²) in [5.41, 5.74) is 9.91. The maximum Gasteiger partial charge on any atom is 0.203 e. The molecule has 0 radical (unpaired) electrons. The average molecular weight is 443 g/mol. The van der Waals surface area contributed by atoms with Gasteiger partial charge in [0.25, 0.3) is 0 Å². The predicted octanol–water partition coefficient (Wildman–Crippen LogP) is 5.35. The SMILES string of the molecule is COc1ccc(Cn2cc3nc4c(-c5cccc(OC)c5F)cccc4c(N)c3c2O)cc1. The number of rotatable bonds is 5. The van der Waals surface area contributed by atoms with Crippen molar-refractivity contribution < 1.29 is 19.0 Å². The number of methoxy groups -OCH3 is 2. The van der Waals surface area contributed by atoms with E-state index in [4.69, 9.17) is 20.2 Å². The zero-order valence-electron chi connectivity index (χ0n) is 18.2. The van der Waals surface area contributed by atoms with Crippen molar-refractivity contribution in [2.45, 2.75) is 6.54 Å². The van der Waals surface area contributed by atoms with Crippen molar-refractivity contribution in [3.05, 3.63) is 78.2 Å². The molecule has 0 spiro atoms. The van der Waals surface area contributed by atoms with Gasteiger partial charge in [0.05, 0.1) is 42.9 Å². The van der Waals surface area contributed by atoms with Crippen LogP contribution in [-0.4, -0.2) is 28.9 Å². The molecular formula is C26H22FN3O3. The van der Waals surface area contributed by atoms with Gasteiger partial charge < -0.3 is 24.9 Å². The zero-order valence-corrected chi connectivity index (χ0v) is 18.2. The average Bonchev–Trinajstić information content (AvgIpc) is 3.15. The third-order valence-electron chi connectivity index (χ3n) is 5.84. The van der Waals surface area contributed by atoms with Gasteiger partial charge in [0.15, 0.2) is 11.6 Å². The van der Waals surface area contributed by atoms with Crippen molar-refractivity contribution in [1.29, 1.82) is 0 Å². The molecule has 3 aromatic carbocycles. The van der Waals surface area contributed by atoms with E-state index >= 15 is 4.39 Å². The molecular weight excluding hydrogens is 421 g/mol. The van der Waals surface area contributed by atoms with Gasteiger partial charge in [0.2, 0.25) is 5.88 Å². The molecule has 6 nitrogen and oxygen atoms in total. The maximum absolute atomic E-state index is 15.0. The number of benzene rings is 3. The first-order valence-corrected chi connectivity index (χ1v) is 10.4. The van der Waals surface area contributed by atoms with E-state index < -0.39 is 5.82 Å². The summed E-state index contributed by atoms with van der Waals surface area (Å²) < 4.78 is 27.1. The van der Waals surface area contributed by atoms with E-state index in [1.807, 2.05) is 30.3 Å². The normalized spacial score (nSPS) is 11.2. The smallest absolute Gasteiger partial charge is 0.203 e. The number of anilines is 1. The van der Waals surface area contributed by atoms with Crippen molar-refractivity contribution in [2.24, 2.45) is 0 Å². The first-order chi connectivity index (χ1) is 16.0. The lowest BCUT2D eigenvalue weighted by Gasteiger charge is -2.11. The summed E-state index contributed by atoms with van der Waals surface area (Å²) >= 11 is 0. The largest absolute Gasteiger partial charge is 0.497 e. The van der Waals surface area contributed by atoms with E-state index in [1.165, 1.54) is 7.11 Å². The molecule has 0 fully saturated rings. The van der Waals surface area contributed by atoms with Crippen LogP contribution in [0.1, 0.15) is 5.56 Å². The maximum atomic E-state index is 15.0. The minimum Gasteiger partial charge on any atom is -0.497 e. The Bertz CT molecular complexity index is 1490. The molecule has 5 aromatic rings. The first kappa shape index (κ1) is 20.6. The van der Waals surface area contributed by atoms with Gasteiger partial charge in [-0.05, 0) is 23.8 Å². The molecule has 3 N–H and O–H groups in total. The number of nitrogens with zero attached hydrogens (tertiary/aromatic N) is 2. The second kappa shape index (κ2) is 8.02. The molecule has 166 valence electrons. The molecule has 2 heterocycles. The highest BCUT2D eigenvalue weighted by atomic mass is 19.1. The van der Waals surface area contributed by atoms with E-state index in [-0.39, 0.29) is 11.6 Å². The Morgan fingerprint density at radius 2 is 1.70 bits per heavy atom. The summed E-state index contributed by atoms with van der Waals surface area (Å²) in [6, 6.07) is 18.0. The fraction of sp³-hybridized carbons (Fsp3) is 0.115. The third-order valence-corrected chi connectivity index (χ3v) is 5.84. The van der Waals surface area contributed by atoms with Crippen LogP contribution in [0.5, 0.6) is 17.4 Å². The molecule has 5 rings (SSSR count). The number of pyridine rings is 1. The number of ether oxygens (including phenoxy) is 2. The number of aromatic nitrogens is 2. The van der Waals surface area contributed by atoms with Crippen LogP contribution in [0.15, 0.2) is 66.9 Å². The molecule has 0 aliphatic heterocycles. The number of hydrogen-bond donors (Lipinski definition) is 2. The Labute approximate surface area is 189 Å². The van der Waals surface area contributed by atoms with Crippen LogP contribution in [0, 0.1) is 5.82 Å². The van der Waals surface area contributed by atoms with E-state index in [2.05, 4.69) is 0 Å². The van der Waals surface area contributed by atoms with Gasteiger partial charge in [-0.3, -0.25) is 0 Å². The van der Waals surface area contributed by atoms with Crippen molar-refractivity contribution in [3.8, 4) is 28.5 Å². The van der Waals surface area contributed by atoms with Crippen LogP contribution in [0.4, 0.5) is 10.1 Å². The molecule has 0 amide bonds. The molecule has 0 bridgehead atoms. The molecule has 7 heteroatoms. The fourth-order valence-electron chi connectivity index (χ4n) is 4.15. The van der Waals surface area contributed by atoms with Crippen LogP contribution in [0.2, 0.25) is 0 Å². The highest BCUT2D eigenvalue weighted by Crippen LogP contribution is 2.40. The molecule has 0 atom stereocenters. The van der Waals surface area contributed by atoms with Crippen LogP contribution in [0.3, 0.4) is 0 Å². The van der Waals surface area contributed by atoms with Crippen molar-refractivity contribution in [3.63, 3.8) is 0 Å². The second-order valence-electron chi connectivity index (χ2n) is 7.74. The predicted molar refractivity (Wildman–Crippen MR) is 127 cm³/mol. The Kier molecular flexibility index (Phi) is 5.01. The summed E-state index contributed by atoms with van der Waals surface area (Å²) in [7, 11) is 3.05. The lowest BCUT2D eigenvalue weighted by Crippen LogP contribution is -1.97. The number of halogens is 1. The minimum atomic E-state index is -0.465. The fourth-order valence-corrected chi connectivity index (χ4v) is 4.15. The molecule has 0 saturated heterocycles. The number of para-hydroxylation sites is 1. The van der Waals surface area contributed by atoms with Crippen LogP contribution in [0.25, 0.3) is 32.9 Å². The molecule has 2 aromatic heterocycles. The summed E-state index contributed by atoms with van der Waals surface area (Å²) in [4.78, 5) is 4.77. The lowest BCUT2D eigenvalue weighted by molar-refractivity contribution is 0.387. The van der Waals surface area contributed by atoms with Crippen LogP contribution in [-0.2, 0) is 6.54 Å². The molecule has 0 unspecified atom stereocenters. The first-order valence-electron chi connectivity index (χ1n) is 10.4. The zero-order chi connectivity index (χ0) is 23.1. The Morgan fingerprint density at radius 1 is 0.970 bits per heavy atom. The summed E-state index contributed by atoms with van der Waals surface area (Å²) in [5.74, 6) is 0.482. The van der Waals surface area contributed by atoms with Gasteiger partial charge in [0.1, 0.15) is 5.75 Å². The van der Waals surface area contributed by atoms with Gasteiger partial charge >= 0.3 is 0 Å². The van der Waals surface area contributed by atoms with Gasteiger partial charge in [-0.25, -0.2) is 9.37 Å². The van der Waals surface area contributed by atoms with Crippen molar-refractivity contribution in [2.75, 3.05) is 20.0 Å². The Balaban J connectivity index is 1.68. The van der Waals surface area contributed by atoms with Crippen LogP contribution < -0.4 is 15.2 Å². The van der Waals surface area contributed by atoms with Gasteiger partial charge in [-0.1, -0.05) is 42.5 Å². The van der Waals surface area contributed by atoms with E-state index in [0.29, 0.717) is 45.2 Å². The summed E-state index contributed by atoms with van der Waals surface area (Å²) in [5, 5.41) is 12.0. The van der Waals surface area contributed by atoms with Gasteiger partial charge in [-0.2, -0.15) is 0 Å². The van der Waals surface area contributed by atoms with Crippen LogP contribution >= 0.6 is 0 Å². The number of aromatic hydroxyl groups is 1. The van der Waals surface area contributed by atoms with E-state index in [9.17, 15) is 5.11 Å². The number of fused-ring (bicyclic) bond motifs is 2. The summed E-state index contributed by atoms with van der Waals surface area (Å²) in [6.07, 6.45) is 1.75. The van der Waals surface area contributed by atoms with E-state index in [1.54, 1.807) is 48.2 Å². The summed E-state index contributed by atoms with van der Waals surface area (Å²) in [6.45, 7) is 0.430. The molecule has 0 saturated carbocycles. The van der Waals surface area contributed by atoms with E-state index in [0.717, 1.165) is 11.3 Å². The quantitative estimate of drug-likeness (QED) is 0.383. The third kappa shape index (κ3) is 3.38. The van der Waals surface area contributed by atoms with Crippen molar-refractivity contribution >= 4 is 27.5 Å². The van der Waals surface area contributed by atoms with Crippen molar-refractivity contribution in [1.82, 2.24) is 9.55 Å². The Hall–Kier alpha value is -4.26. The monoisotopic (exact) mass is 443 g/mol. The Morgan fingerprint density at radius 3 is 2.42 bits per heavy atom. The number of nitrogens with two attached hydrogens (primary N) is 1. The highest BCUT2D eigenvalue weighted by molar-refractivity contribution is 6.12. The topological polar surface area (TPSA) is 82.5 Å². The molecule has 0 aliphatic carbocycles. The number of hydrogen-bond acceptors (Lipinski definition) is 5. The molecule has 33 heavy (non-hydrogen) atoms. The minimum absolute atomic E-state index is 0.0330. The van der Waals surface area contributed by atoms with Gasteiger partial charge in [0, 0.05) is 22.7 Å². The highest BCUT2D eigenvalue weighted by Gasteiger charge is 2.19. The standard InChI is InChI=1S/C26H22FN3O3/c1-32-16-11-9-15(10-12-16)13-30-14-20-22(26(30)31)24(28)19-7-3-6-18(25(19)29-20)17-5-4-8-21(33-2)23(17)27/h3-12,14,31H,13,28H2,1-2H3. The number of nitrogen functional groups attached to an aromatic ring is 1.